The number of unbranched alkanes of at least 4 members (excludes halogenated alkanes) is 14. The van der Waals surface area contributed by atoms with Gasteiger partial charge >= 0.3 is 0 Å². The molecule has 2 nitrogen and oxygen atoms in total. The molecule has 0 aromatic heterocycles. The zero-order valence-corrected chi connectivity index (χ0v) is 26.4. The van der Waals surface area contributed by atoms with Crippen molar-refractivity contribution in [3.63, 3.8) is 0 Å². The molecule has 0 aliphatic rings. The molecule has 0 bridgehead atoms. The van der Waals surface area contributed by atoms with Crippen LogP contribution in [0.2, 0.25) is 0 Å². The lowest BCUT2D eigenvalue weighted by atomic mass is 10.0. The van der Waals surface area contributed by atoms with E-state index in [0.29, 0.717) is 12.1 Å². The molecule has 0 aromatic carbocycles. The highest BCUT2D eigenvalue weighted by atomic mass is 15.0. The van der Waals surface area contributed by atoms with Crippen molar-refractivity contribution in [2.45, 2.75) is 190 Å². The summed E-state index contributed by atoms with van der Waals surface area (Å²) < 4.78 is 0. The van der Waals surface area contributed by atoms with Crippen molar-refractivity contribution >= 4 is 0 Å². The maximum atomic E-state index is 5.98. The van der Waals surface area contributed by atoms with Crippen LogP contribution in [-0.2, 0) is 0 Å². The SMILES string of the molecule is C=C(C)C.C=C(N)C(CCCCC)NC(C)CCCCCCCCCCCCCCC.CC.CC. The van der Waals surface area contributed by atoms with Crippen LogP contribution < -0.4 is 11.1 Å². The summed E-state index contributed by atoms with van der Waals surface area (Å²) >= 11 is 0. The Morgan fingerprint density at radius 1 is 0.600 bits per heavy atom. The van der Waals surface area contributed by atoms with Gasteiger partial charge in [0.1, 0.15) is 0 Å². The van der Waals surface area contributed by atoms with Crippen LogP contribution in [0.4, 0.5) is 0 Å². The number of hydrogen-bond donors (Lipinski definition) is 2. The van der Waals surface area contributed by atoms with Crippen LogP contribution >= 0.6 is 0 Å². The largest absolute Gasteiger partial charge is 0.401 e. The molecule has 0 spiro atoms. The molecule has 2 atom stereocenters. The molecule has 2 heteroatoms. The molecule has 35 heavy (non-hydrogen) atoms. The quantitative estimate of drug-likeness (QED) is 0.122. The Bertz CT molecular complexity index is 385. The predicted molar refractivity (Wildman–Crippen MR) is 167 cm³/mol. The van der Waals surface area contributed by atoms with Crippen LogP contribution in [-0.4, -0.2) is 12.1 Å². The van der Waals surface area contributed by atoms with Crippen LogP contribution in [0.1, 0.15) is 178 Å². The highest BCUT2D eigenvalue weighted by Crippen LogP contribution is 2.14. The molecule has 0 aliphatic heterocycles. The van der Waals surface area contributed by atoms with Gasteiger partial charge in [0.05, 0.1) is 0 Å². The van der Waals surface area contributed by atoms with Gasteiger partial charge in [-0.1, -0.05) is 156 Å². The van der Waals surface area contributed by atoms with E-state index < -0.39 is 0 Å². The molecule has 0 aliphatic carbocycles. The van der Waals surface area contributed by atoms with Gasteiger partial charge in [0, 0.05) is 17.8 Å². The lowest BCUT2D eigenvalue weighted by Crippen LogP contribution is -2.39. The maximum Gasteiger partial charge on any atom is 0.0463 e. The molecule has 0 heterocycles. The number of hydrogen-bond acceptors (Lipinski definition) is 2. The summed E-state index contributed by atoms with van der Waals surface area (Å²) in [7, 11) is 0. The first-order chi connectivity index (χ1) is 16.8. The molecule has 0 saturated heterocycles. The summed E-state index contributed by atoms with van der Waals surface area (Å²) in [5.41, 5.74) is 7.96. The van der Waals surface area contributed by atoms with E-state index in [2.05, 4.69) is 39.2 Å². The smallest absolute Gasteiger partial charge is 0.0463 e. The molecule has 2 unspecified atom stereocenters. The second-order valence-electron chi connectivity index (χ2n) is 9.93. The van der Waals surface area contributed by atoms with Crippen molar-refractivity contribution in [3.05, 3.63) is 24.4 Å². The summed E-state index contributed by atoms with van der Waals surface area (Å²) in [4.78, 5) is 0. The minimum atomic E-state index is 0.300. The van der Waals surface area contributed by atoms with Crippen molar-refractivity contribution in [2.75, 3.05) is 0 Å². The predicted octanol–water partition coefficient (Wildman–Crippen LogP) is 11.5. The third-order valence-corrected chi connectivity index (χ3v) is 5.77. The Labute approximate surface area is 225 Å². The summed E-state index contributed by atoms with van der Waals surface area (Å²) in [5.74, 6) is 0. The molecule has 0 amide bonds. The van der Waals surface area contributed by atoms with E-state index in [-0.39, 0.29) is 0 Å². The summed E-state index contributed by atoms with van der Waals surface area (Å²) in [6, 6.07) is 0.846. The van der Waals surface area contributed by atoms with Crippen molar-refractivity contribution in [3.8, 4) is 0 Å². The van der Waals surface area contributed by atoms with Gasteiger partial charge in [-0.25, -0.2) is 0 Å². The molecule has 0 radical (unpaired) electrons. The fourth-order valence-electron chi connectivity index (χ4n) is 3.87. The lowest BCUT2D eigenvalue weighted by molar-refractivity contribution is 0.414. The summed E-state index contributed by atoms with van der Waals surface area (Å²) in [5, 5.41) is 3.69. The Morgan fingerprint density at radius 2 is 0.886 bits per heavy atom. The van der Waals surface area contributed by atoms with E-state index in [4.69, 9.17) is 5.73 Å². The zero-order chi connectivity index (χ0) is 27.7. The highest BCUT2D eigenvalue weighted by molar-refractivity contribution is 5.00. The molecular weight excluding hydrogens is 424 g/mol. The van der Waals surface area contributed by atoms with Gasteiger partial charge in [-0.15, -0.1) is 6.58 Å². The van der Waals surface area contributed by atoms with E-state index in [1.807, 2.05) is 41.5 Å². The number of allylic oxidation sites excluding steroid dienone is 1. The first kappa shape index (κ1) is 41.4. The van der Waals surface area contributed by atoms with Gasteiger partial charge < -0.3 is 11.1 Å². The molecular formula is C33H72N2. The van der Waals surface area contributed by atoms with Gasteiger partial charge in [-0.2, -0.15) is 0 Å². The Morgan fingerprint density at radius 3 is 1.23 bits per heavy atom. The summed E-state index contributed by atoms with van der Waals surface area (Å²) in [6.07, 6.45) is 24.7. The van der Waals surface area contributed by atoms with Crippen LogP contribution in [0, 0.1) is 0 Å². The van der Waals surface area contributed by atoms with Gasteiger partial charge in [0.2, 0.25) is 0 Å². The van der Waals surface area contributed by atoms with Gasteiger partial charge in [0.25, 0.3) is 0 Å². The van der Waals surface area contributed by atoms with Crippen LogP contribution in [0.25, 0.3) is 0 Å². The fourth-order valence-corrected chi connectivity index (χ4v) is 3.87. The lowest BCUT2D eigenvalue weighted by Gasteiger charge is -2.23. The fraction of sp³-hybridized carbons (Fsp3) is 0.879. The van der Waals surface area contributed by atoms with E-state index in [1.54, 1.807) is 0 Å². The Kier molecular flexibility index (Phi) is 44.7. The maximum absolute atomic E-state index is 5.98. The number of nitrogens with two attached hydrogens (primary N) is 1. The van der Waals surface area contributed by atoms with Crippen LogP contribution in [0.5, 0.6) is 0 Å². The number of nitrogens with one attached hydrogen (secondary N) is 1. The second kappa shape index (κ2) is 37.8. The van der Waals surface area contributed by atoms with Gasteiger partial charge in [-0.3, -0.25) is 0 Å². The van der Waals surface area contributed by atoms with E-state index >= 15 is 0 Å². The molecule has 0 saturated carbocycles. The molecule has 0 fully saturated rings. The average molecular weight is 497 g/mol. The molecule has 214 valence electrons. The Hall–Kier alpha value is -0.760. The monoisotopic (exact) mass is 497 g/mol. The van der Waals surface area contributed by atoms with Crippen molar-refractivity contribution in [2.24, 2.45) is 5.73 Å². The minimum Gasteiger partial charge on any atom is -0.401 e. The zero-order valence-electron chi connectivity index (χ0n) is 26.4. The van der Waals surface area contributed by atoms with Gasteiger partial charge in [-0.05, 0) is 33.6 Å². The molecule has 0 rings (SSSR count). The van der Waals surface area contributed by atoms with E-state index in [0.717, 1.165) is 12.1 Å². The minimum absolute atomic E-state index is 0.300. The Balaban J connectivity index is -0.000000528. The van der Waals surface area contributed by atoms with Crippen LogP contribution in [0.3, 0.4) is 0 Å². The van der Waals surface area contributed by atoms with Gasteiger partial charge in [0.15, 0.2) is 0 Å². The topological polar surface area (TPSA) is 38.0 Å². The third-order valence-electron chi connectivity index (χ3n) is 5.77. The highest BCUT2D eigenvalue weighted by Gasteiger charge is 2.12. The second-order valence-corrected chi connectivity index (χ2v) is 9.93. The van der Waals surface area contributed by atoms with Crippen molar-refractivity contribution in [1.29, 1.82) is 0 Å². The summed E-state index contributed by atoms with van der Waals surface area (Å²) in [6.45, 7) is 26.3. The molecule has 3 N–H and O–H groups in total. The van der Waals surface area contributed by atoms with Crippen molar-refractivity contribution in [1.82, 2.24) is 5.32 Å². The normalized spacial score (nSPS) is 11.6. The number of rotatable bonds is 21. The average Bonchev–Trinajstić information content (AvgIpc) is 2.83. The van der Waals surface area contributed by atoms with Crippen LogP contribution in [0.15, 0.2) is 24.4 Å². The van der Waals surface area contributed by atoms with E-state index in [9.17, 15) is 0 Å². The third kappa shape index (κ3) is 43.7. The molecule has 0 aromatic rings. The first-order valence-electron chi connectivity index (χ1n) is 15.7. The standard InChI is InChI=1S/C25H52N2.C4H8.2C2H6/c1-5-7-9-10-11-12-13-14-15-16-17-18-20-21-23(3)27-25(24(4)26)22-19-8-6-2;1-4(2)3;2*1-2/h23,25,27H,4-22,26H2,1-3H3;1H2,2-3H3;2*1-2H3. The first-order valence-corrected chi connectivity index (χ1v) is 15.7. The van der Waals surface area contributed by atoms with Crippen molar-refractivity contribution < 1.29 is 0 Å². The van der Waals surface area contributed by atoms with E-state index in [1.165, 1.54) is 115 Å².